The molecule has 0 aliphatic carbocycles. The maximum atomic E-state index is 6.03. The third-order valence-corrected chi connectivity index (χ3v) is 3.42. The van der Waals surface area contributed by atoms with Gasteiger partial charge in [-0.3, -0.25) is 4.68 Å². The molecule has 2 aromatic rings. The Kier molecular flexibility index (Phi) is 4.39. The maximum absolute atomic E-state index is 6.03. The molecule has 1 N–H and O–H groups in total. The van der Waals surface area contributed by atoms with Crippen LogP contribution in [-0.2, 0) is 6.54 Å². The molecule has 3 nitrogen and oxygen atoms in total. The van der Waals surface area contributed by atoms with Gasteiger partial charge in [-0.2, -0.15) is 5.10 Å². The Balaban J connectivity index is 2.19. The van der Waals surface area contributed by atoms with E-state index in [1.54, 1.807) is 6.20 Å². The first kappa shape index (κ1) is 13.1. The van der Waals surface area contributed by atoms with Gasteiger partial charge in [-0.25, -0.2) is 0 Å². The van der Waals surface area contributed by atoms with Crippen molar-refractivity contribution in [3.8, 4) is 0 Å². The van der Waals surface area contributed by atoms with Crippen LogP contribution in [0.25, 0.3) is 0 Å². The Morgan fingerprint density at radius 2 is 2.06 bits per heavy atom. The molecule has 1 atom stereocenters. The van der Waals surface area contributed by atoms with Crippen LogP contribution in [0.4, 0.5) is 0 Å². The van der Waals surface area contributed by atoms with Crippen LogP contribution in [0, 0.1) is 6.92 Å². The number of nitrogens with zero attached hydrogens (tertiary/aromatic N) is 2. The second-order valence-electron chi connectivity index (χ2n) is 4.28. The zero-order chi connectivity index (χ0) is 13.0. The summed E-state index contributed by atoms with van der Waals surface area (Å²) in [5.41, 5.74) is 2.28. The highest BCUT2D eigenvalue weighted by Crippen LogP contribution is 2.19. The summed E-state index contributed by atoms with van der Waals surface area (Å²) in [5, 5.41) is 8.51. The third-order valence-electron chi connectivity index (χ3n) is 3.05. The van der Waals surface area contributed by atoms with Crippen molar-refractivity contribution < 1.29 is 0 Å². The molecular weight excluding hydrogens is 246 g/mol. The van der Waals surface area contributed by atoms with Gasteiger partial charge in [-0.1, -0.05) is 48.9 Å². The molecule has 4 heteroatoms. The standard InChI is InChI=1S/C14H18ClN3/c1-3-16-14(12-7-5-4-6-8-12)10-18-11(2)13(15)9-17-18/h4-9,14,16H,3,10H2,1-2H3. The SMILES string of the molecule is CCNC(Cn1ncc(Cl)c1C)c1ccccc1. The molecule has 0 saturated carbocycles. The summed E-state index contributed by atoms with van der Waals surface area (Å²) in [6.45, 7) is 5.81. The van der Waals surface area contributed by atoms with E-state index in [1.807, 2.05) is 17.7 Å². The minimum absolute atomic E-state index is 0.255. The fourth-order valence-corrected chi connectivity index (χ4v) is 2.14. The molecule has 0 bridgehead atoms. The van der Waals surface area contributed by atoms with Crippen LogP contribution in [0.2, 0.25) is 5.02 Å². The molecule has 0 radical (unpaired) electrons. The van der Waals surface area contributed by atoms with E-state index < -0.39 is 0 Å². The topological polar surface area (TPSA) is 29.9 Å². The van der Waals surface area contributed by atoms with Crippen LogP contribution in [0.1, 0.15) is 24.2 Å². The first-order chi connectivity index (χ1) is 8.72. The van der Waals surface area contributed by atoms with Gasteiger partial charge in [0.15, 0.2) is 0 Å². The Morgan fingerprint density at radius 3 is 2.61 bits per heavy atom. The molecule has 0 amide bonds. The zero-order valence-electron chi connectivity index (χ0n) is 10.7. The van der Waals surface area contributed by atoms with Crippen LogP contribution in [-0.4, -0.2) is 16.3 Å². The molecule has 2 rings (SSSR count). The van der Waals surface area contributed by atoms with Gasteiger partial charge in [0, 0.05) is 0 Å². The minimum Gasteiger partial charge on any atom is -0.309 e. The lowest BCUT2D eigenvalue weighted by atomic mass is 10.1. The van der Waals surface area contributed by atoms with Crippen molar-refractivity contribution in [2.45, 2.75) is 26.4 Å². The number of likely N-dealkylation sites (N-methyl/N-ethyl adjacent to an activating group) is 1. The number of benzene rings is 1. The van der Waals surface area contributed by atoms with Crippen LogP contribution in [0.15, 0.2) is 36.5 Å². The number of hydrogen-bond donors (Lipinski definition) is 1. The summed E-state index contributed by atoms with van der Waals surface area (Å²) in [7, 11) is 0. The Labute approximate surface area is 113 Å². The van der Waals surface area contributed by atoms with Crippen molar-refractivity contribution >= 4 is 11.6 Å². The predicted molar refractivity (Wildman–Crippen MR) is 74.8 cm³/mol. The van der Waals surface area contributed by atoms with Gasteiger partial charge < -0.3 is 5.32 Å². The lowest BCUT2D eigenvalue weighted by Gasteiger charge is -2.19. The normalized spacial score (nSPS) is 12.6. The van der Waals surface area contributed by atoms with Crippen LogP contribution < -0.4 is 5.32 Å². The van der Waals surface area contributed by atoms with Gasteiger partial charge >= 0.3 is 0 Å². The van der Waals surface area contributed by atoms with Crippen molar-refractivity contribution in [1.82, 2.24) is 15.1 Å². The van der Waals surface area contributed by atoms with Gasteiger partial charge in [0.1, 0.15) is 0 Å². The maximum Gasteiger partial charge on any atom is 0.0814 e. The first-order valence-electron chi connectivity index (χ1n) is 6.18. The van der Waals surface area contributed by atoms with E-state index in [2.05, 4.69) is 41.6 Å². The largest absolute Gasteiger partial charge is 0.309 e. The van der Waals surface area contributed by atoms with E-state index in [9.17, 15) is 0 Å². The van der Waals surface area contributed by atoms with E-state index in [1.165, 1.54) is 5.56 Å². The first-order valence-corrected chi connectivity index (χ1v) is 6.56. The van der Waals surface area contributed by atoms with Gasteiger partial charge in [0.2, 0.25) is 0 Å². The molecule has 1 aromatic carbocycles. The second kappa shape index (κ2) is 6.03. The highest BCUT2D eigenvalue weighted by atomic mass is 35.5. The molecule has 1 aromatic heterocycles. The van der Waals surface area contributed by atoms with E-state index in [0.29, 0.717) is 0 Å². The average Bonchev–Trinajstić information content (AvgIpc) is 2.71. The quantitative estimate of drug-likeness (QED) is 0.898. The zero-order valence-corrected chi connectivity index (χ0v) is 11.5. The summed E-state index contributed by atoms with van der Waals surface area (Å²) >= 11 is 6.03. The summed E-state index contributed by atoms with van der Waals surface area (Å²) in [5.74, 6) is 0. The third kappa shape index (κ3) is 2.92. The summed E-state index contributed by atoms with van der Waals surface area (Å²) in [6, 6.07) is 10.7. The van der Waals surface area contributed by atoms with Crippen molar-refractivity contribution in [3.05, 3.63) is 52.8 Å². The predicted octanol–water partition coefficient (Wildman–Crippen LogP) is 3.20. The van der Waals surface area contributed by atoms with Crippen LogP contribution in [0.5, 0.6) is 0 Å². The van der Waals surface area contributed by atoms with E-state index in [4.69, 9.17) is 11.6 Å². The summed E-state index contributed by atoms with van der Waals surface area (Å²) in [6.07, 6.45) is 1.70. The lowest BCUT2D eigenvalue weighted by molar-refractivity contribution is 0.442. The number of halogens is 1. The molecule has 1 unspecified atom stereocenters. The van der Waals surface area contributed by atoms with Crippen molar-refractivity contribution in [1.29, 1.82) is 0 Å². The fourth-order valence-electron chi connectivity index (χ4n) is 2.00. The van der Waals surface area contributed by atoms with E-state index >= 15 is 0 Å². The molecular formula is C14H18ClN3. The molecule has 0 fully saturated rings. The highest BCUT2D eigenvalue weighted by molar-refractivity contribution is 6.31. The van der Waals surface area contributed by atoms with E-state index in [-0.39, 0.29) is 6.04 Å². The van der Waals surface area contributed by atoms with Crippen molar-refractivity contribution in [3.63, 3.8) is 0 Å². The Morgan fingerprint density at radius 1 is 1.33 bits per heavy atom. The average molecular weight is 264 g/mol. The smallest absolute Gasteiger partial charge is 0.0814 e. The summed E-state index contributed by atoms with van der Waals surface area (Å²) < 4.78 is 1.95. The van der Waals surface area contributed by atoms with Gasteiger partial charge in [-0.15, -0.1) is 0 Å². The fraction of sp³-hybridized carbons (Fsp3) is 0.357. The van der Waals surface area contributed by atoms with Gasteiger partial charge in [0.05, 0.1) is 29.5 Å². The number of nitrogens with one attached hydrogen (secondary N) is 1. The number of aromatic nitrogens is 2. The minimum atomic E-state index is 0.255. The monoisotopic (exact) mass is 263 g/mol. The molecule has 18 heavy (non-hydrogen) atoms. The number of rotatable bonds is 5. The van der Waals surface area contributed by atoms with Crippen LogP contribution in [0.3, 0.4) is 0 Å². The molecule has 0 aliphatic rings. The number of hydrogen-bond acceptors (Lipinski definition) is 2. The highest BCUT2D eigenvalue weighted by Gasteiger charge is 2.13. The van der Waals surface area contributed by atoms with E-state index in [0.717, 1.165) is 23.8 Å². The summed E-state index contributed by atoms with van der Waals surface area (Å²) in [4.78, 5) is 0. The molecule has 0 saturated heterocycles. The molecule has 96 valence electrons. The second-order valence-corrected chi connectivity index (χ2v) is 4.69. The Hall–Kier alpha value is -1.32. The molecule has 0 spiro atoms. The van der Waals surface area contributed by atoms with Crippen molar-refractivity contribution in [2.75, 3.05) is 6.54 Å². The van der Waals surface area contributed by atoms with Crippen LogP contribution >= 0.6 is 11.6 Å². The molecule has 1 heterocycles. The lowest BCUT2D eigenvalue weighted by Crippen LogP contribution is -2.26. The van der Waals surface area contributed by atoms with Gasteiger partial charge in [0.25, 0.3) is 0 Å². The molecule has 0 aliphatic heterocycles. The Bertz CT molecular complexity index is 493. The van der Waals surface area contributed by atoms with Gasteiger partial charge in [-0.05, 0) is 19.0 Å². The van der Waals surface area contributed by atoms with Crippen molar-refractivity contribution in [2.24, 2.45) is 0 Å².